The number of likely N-dealkylation sites (N-methyl/N-ethyl adjacent to an activating group) is 1. The van der Waals surface area contributed by atoms with E-state index in [-0.39, 0.29) is 18.3 Å². The summed E-state index contributed by atoms with van der Waals surface area (Å²) in [5.41, 5.74) is 0. The largest absolute Gasteiger partial charge is 0.480 e. The number of nitrogens with zero attached hydrogens (tertiary/aromatic N) is 1. The van der Waals surface area contributed by atoms with Crippen molar-refractivity contribution in [3.63, 3.8) is 0 Å². The molecule has 1 amide bonds. The summed E-state index contributed by atoms with van der Waals surface area (Å²) in [7, 11) is 0. The van der Waals surface area contributed by atoms with E-state index in [1.807, 2.05) is 25.7 Å². The monoisotopic (exact) mass is 326 g/mol. The van der Waals surface area contributed by atoms with Crippen LogP contribution in [0.2, 0.25) is 0 Å². The van der Waals surface area contributed by atoms with Crippen molar-refractivity contribution in [2.24, 2.45) is 5.92 Å². The van der Waals surface area contributed by atoms with Crippen LogP contribution in [0, 0.1) is 5.92 Å². The van der Waals surface area contributed by atoms with E-state index in [9.17, 15) is 9.59 Å². The summed E-state index contributed by atoms with van der Waals surface area (Å²) in [6.07, 6.45) is 0.356. The first-order valence-electron chi connectivity index (χ1n) is 7.82. The fraction of sp³-hybridized carbons (Fsp3) is 0.625. The van der Waals surface area contributed by atoms with Gasteiger partial charge in [-0.1, -0.05) is 20.8 Å². The molecule has 1 aromatic heterocycles. The lowest BCUT2D eigenvalue weighted by Crippen LogP contribution is -2.41. The van der Waals surface area contributed by atoms with Gasteiger partial charge < -0.3 is 19.9 Å². The predicted octanol–water partition coefficient (Wildman–Crippen LogP) is 1.32. The lowest BCUT2D eigenvalue weighted by Gasteiger charge is -2.17. The van der Waals surface area contributed by atoms with Crippen LogP contribution < -0.4 is 5.32 Å². The molecule has 0 aliphatic carbocycles. The van der Waals surface area contributed by atoms with Gasteiger partial charge in [0, 0.05) is 6.54 Å². The zero-order valence-corrected chi connectivity index (χ0v) is 13.9. The standard InChI is InChI=1S/C16H26N2O5/c1-4-18(7-8-19)10-12-5-6-14(23-12)15(20)17-13(16(21)22)9-11(2)3/h5-6,11,13,19H,4,7-10H2,1-3H3,(H,17,20)(H,21,22). The second-order valence-corrected chi connectivity index (χ2v) is 5.85. The minimum atomic E-state index is -1.06. The maximum atomic E-state index is 12.1. The third kappa shape index (κ3) is 6.42. The summed E-state index contributed by atoms with van der Waals surface area (Å²) in [6.45, 7) is 7.57. The number of aliphatic carboxylic acids is 1. The molecular formula is C16H26N2O5. The first-order chi connectivity index (χ1) is 10.9. The highest BCUT2D eigenvalue weighted by Gasteiger charge is 2.23. The van der Waals surface area contributed by atoms with E-state index in [1.165, 1.54) is 6.07 Å². The number of nitrogens with one attached hydrogen (secondary N) is 1. The van der Waals surface area contributed by atoms with Crippen LogP contribution in [0.3, 0.4) is 0 Å². The molecule has 0 saturated carbocycles. The van der Waals surface area contributed by atoms with E-state index in [4.69, 9.17) is 14.6 Å². The SMILES string of the molecule is CCN(CCO)Cc1ccc(C(=O)NC(CC(C)C)C(=O)O)o1. The van der Waals surface area contributed by atoms with Gasteiger partial charge in [-0.3, -0.25) is 9.69 Å². The Morgan fingerprint density at radius 3 is 2.57 bits per heavy atom. The van der Waals surface area contributed by atoms with Crippen LogP contribution in [0.1, 0.15) is 43.5 Å². The van der Waals surface area contributed by atoms with Gasteiger partial charge in [-0.2, -0.15) is 0 Å². The number of aliphatic hydroxyl groups excluding tert-OH is 1. The smallest absolute Gasteiger partial charge is 0.326 e. The molecule has 23 heavy (non-hydrogen) atoms. The fourth-order valence-electron chi connectivity index (χ4n) is 2.22. The lowest BCUT2D eigenvalue weighted by atomic mass is 10.0. The van der Waals surface area contributed by atoms with Crippen molar-refractivity contribution < 1.29 is 24.2 Å². The Morgan fingerprint density at radius 2 is 2.04 bits per heavy atom. The Hall–Kier alpha value is -1.86. The zero-order chi connectivity index (χ0) is 17.4. The Morgan fingerprint density at radius 1 is 1.35 bits per heavy atom. The molecule has 0 bridgehead atoms. The molecule has 0 aliphatic heterocycles. The van der Waals surface area contributed by atoms with Gasteiger partial charge in [-0.25, -0.2) is 4.79 Å². The summed E-state index contributed by atoms with van der Waals surface area (Å²) in [4.78, 5) is 25.3. The average molecular weight is 326 g/mol. The van der Waals surface area contributed by atoms with Gasteiger partial charge >= 0.3 is 5.97 Å². The van der Waals surface area contributed by atoms with Crippen molar-refractivity contribution in [3.05, 3.63) is 23.7 Å². The van der Waals surface area contributed by atoms with E-state index in [2.05, 4.69) is 5.32 Å². The Balaban J connectivity index is 2.68. The van der Waals surface area contributed by atoms with Crippen molar-refractivity contribution in [1.29, 1.82) is 0 Å². The molecule has 7 nitrogen and oxygen atoms in total. The van der Waals surface area contributed by atoms with Gasteiger partial charge in [-0.15, -0.1) is 0 Å². The molecule has 130 valence electrons. The van der Waals surface area contributed by atoms with Crippen LogP contribution in [0.5, 0.6) is 0 Å². The highest BCUT2D eigenvalue weighted by molar-refractivity contribution is 5.94. The quantitative estimate of drug-likeness (QED) is 0.599. The summed E-state index contributed by atoms with van der Waals surface area (Å²) in [5.74, 6) is -0.746. The number of carbonyl (C=O) groups excluding carboxylic acids is 1. The van der Waals surface area contributed by atoms with Crippen molar-refractivity contribution in [3.8, 4) is 0 Å². The highest BCUT2D eigenvalue weighted by Crippen LogP contribution is 2.12. The van der Waals surface area contributed by atoms with Crippen LogP contribution in [-0.4, -0.2) is 52.7 Å². The minimum Gasteiger partial charge on any atom is -0.480 e. The maximum absolute atomic E-state index is 12.1. The van der Waals surface area contributed by atoms with Crippen LogP contribution >= 0.6 is 0 Å². The molecule has 1 aromatic rings. The molecule has 0 aliphatic rings. The third-order valence-electron chi connectivity index (χ3n) is 3.44. The van der Waals surface area contributed by atoms with Gasteiger partial charge in [0.2, 0.25) is 0 Å². The van der Waals surface area contributed by atoms with Crippen LogP contribution in [0.4, 0.5) is 0 Å². The Bertz CT molecular complexity index is 512. The van der Waals surface area contributed by atoms with Gasteiger partial charge in [0.25, 0.3) is 5.91 Å². The average Bonchev–Trinajstić information content (AvgIpc) is 2.94. The molecule has 1 unspecified atom stereocenters. The lowest BCUT2D eigenvalue weighted by molar-refractivity contribution is -0.139. The predicted molar refractivity (Wildman–Crippen MR) is 85.1 cm³/mol. The molecule has 7 heteroatoms. The van der Waals surface area contributed by atoms with Crippen molar-refractivity contribution >= 4 is 11.9 Å². The fourth-order valence-corrected chi connectivity index (χ4v) is 2.22. The van der Waals surface area contributed by atoms with Crippen LogP contribution in [-0.2, 0) is 11.3 Å². The van der Waals surface area contributed by atoms with E-state index < -0.39 is 17.9 Å². The minimum absolute atomic E-state index is 0.0530. The number of carboxylic acids is 1. The Kier molecular flexibility index (Phi) is 7.77. The molecule has 3 N–H and O–H groups in total. The van der Waals surface area contributed by atoms with E-state index in [1.54, 1.807) is 6.07 Å². The number of furan rings is 1. The molecule has 0 radical (unpaired) electrons. The maximum Gasteiger partial charge on any atom is 0.326 e. The van der Waals surface area contributed by atoms with Crippen molar-refractivity contribution in [2.45, 2.75) is 39.8 Å². The first kappa shape index (κ1) is 19.2. The van der Waals surface area contributed by atoms with Gasteiger partial charge in [0.1, 0.15) is 11.8 Å². The number of aliphatic hydroxyl groups is 1. The normalized spacial score (nSPS) is 12.6. The van der Waals surface area contributed by atoms with Gasteiger partial charge in [0.05, 0.1) is 13.2 Å². The molecule has 0 fully saturated rings. The van der Waals surface area contributed by atoms with Gasteiger partial charge in [-0.05, 0) is 31.0 Å². The number of carboxylic acid groups (broad SMARTS) is 1. The molecule has 1 rings (SSSR count). The third-order valence-corrected chi connectivity index (χ3v) is 3.44. The second kappa shape index (κ2) is 9.32. The number of hydrogen-bond donors (Lipinski definition) is 3. The number of hydrogen-bond acceptors (Lipinski definition) is 5. The van der Waals surface area contributed by atoms with Crippen LogP contribution in [0.15, 0.2) is 16.5 Å². The summed E-state index contributed by atoms with van der Waals surface area (Å²) < 4.78 is 5.48. The summed E-state index contributed by atoms with van der Waals surface area (Å²) >= 11 is 0. The molecule has 0 aromatic carbocycles. The highest BCUT2D eigenvalue weighted by atomic mass is 16.4. The van der Waals surface area contributed by atoms with Crippen LogP contribution in [0.25, 0.3) is 0 Å². The van der Waals surface area contributed by atoms with E-state index in [0.29, 0.717) is 25.3 Å². The summed E-state index contributed by atoms with van der Waals surface area (Å²) in [5, 5.41) is 20.6. The van der Waals surface area contributed by atoms with E-state index in [0.717, 1.165) is 6.54 Å². The van der Waals surface area contributed by atoms with E-state index >= 15 is 0 Å². The first-order valence-corrected chi connectivity index (χ1v) is 7.82. The van der Waals surface area contributed by atoms with Crippen molar-refractivity contribution in [2.75, 3.05) is 19.7 Å². The molecule has 1 atom stereocenters. The number of carbonyl (C=O) groups is 2. The van der Waals surface area contributed by atoms with Gasteiger partial charge in [0.15, 0.2) is 5.76 Å². The number of rotatable bonds is 10. The summed E-state index contributed by atoms with van der Waals surface area (Å²) in [6, 6.07) is 2.29. The van der Waals surface area contributed by atoms with Crippen molar-refractivity contribution in [1.82, 2.24) is 10.2 Å². The molecule has 0 saturated heterocycles. The number of amides is 1. The topological polar surface area (TPSA) is 103 Å². The zero-order valence-electron chi connectivity index (χ0n) is 13.9. The molecular weight excluding hydrogens is 300 g/mol. The molecule has 0 spiro atoms. The Labute approximate surface area is 136 Å². The second-order valence-electron chi connectivity index (χ2n) is 5.85. The molecule has 1 heterocycles.